The first-order chi connectivity index (χ1) is 12.7. The smallest absolute Gasteiger partial charge is 0.232 e. The minimum Gasteiger partial charge on any atom is -0.492 e. The Balaban J connectivity index is 1.55. The predicted molar refractivity (Wildman–Crippen MR) is 101 cm³/mol. The number of hydrogen-bond donors (Lipinski definition) is 0. The van der Waals surface area contributed by atoms with Gasteiger partial charge in [-0.25, -0.2) is 0 Å². The van der Waals surface area contributed by atoms with Gasteiger partial charge in [-0.3, -0.25) is 9.59 Å². The van der Waals surface area contributed by atoms with E-state index in [4.69, 9.17) is 4.74 Å². The molecule has 1 fully saturated rings. The maximum Gasteiger partial charge on any atom is 0.232 e. The highest BCUT2D eigenvalue weighted by Crippen LogP contribution is 2.35. The molecule has 1 saturated heterocycles. The number of benzene rings is 2. The quantitative estimate of drug-likeness (QED) is 0.852. The maximum atomic E-state index is 13.1. The molecule has 0 radical (unpaired) electrons. The number of rotatable bonds is 4. The lowest BCUT2D eigenvalue weighted by Gasteiger charge is -2.22. The van der Waals surface area contributed by atoms with Crippen LogP contribution in [0.3, 0.4) is 0 Å². The summed E-state index contributed by atoms with van der Waals surface area (Å²) in [5.41, 5.74) is 2.93. The van der Waals surface area contributed by atoms with Gasteiger partial charge in [-0.1, -0.05) is 30.3 Å². The van der Waals surface area contributed by atoms with E-state index in [9.17, 15) is 9.59 Å². The Labute approximate surface area is 153 Å². The van der Waals surface area contributed by atoms with E-state index in [1.54, 1.807) is 4.90 Å². The fourth-order valence-electron chi connectivity index (χ4n) is 3.85. The van der Waals surface area contributed by atoms with Gasteiger partial charge < -0.3 is 14.5 Å². The zero-order chi connectivity index (χ0) is 18.1. The summed E-state index contributed by atoms with van der Waals surface area (Å²) in [4.78, 5) is 29.2. The fourth-order valence-corrected chi connectivity index (χ4v) is 3.85. The lowest BCUT2D eigenvalue weighted by atomic mass is 10.1. The second-order valence-corrected chi connectivity index (χ2v) is 6.67. The number of amides is 2. The molecule has 2 heterocycles. The Bertz CT molecular complexity index is 849. The molecule has 0 unspecified atom stereocenters. The van der Waals surface area contributed by atoms with Crippen LogP contribution in [0.2, 0.25) is 0 Å². The van der Waals surface area contributed by atoms with Gasteiger partial charge in [0, 0.05) is 25.2 Å². The van der Waals surface area contributed by atoms with Gasteiger partial charge in [0.25, 0.3) is 0 Å². The molecule has 4 rings (SSSR count). The molecule has 2 amide bonds. The van der Waals surface area contributed by atoms with Crippen molar-refractivity contribution in [3.05, 3.63) is 54.1 Å². The molecule has 0 aliphatic carbocycles. The van der Waals surface area contributed by atoms with Gasteiger partial charge in [-0.15, -0.1) is 0 Å². The molecule has 2 aromatic carbocycles. The van der Waals surface area contributed by atoms with Crippen LogP contribution in [0.5, 0.6) is 5.75 Å². The highest BCUT2D eigenvalue weighted by atomic mass is 16.5. The van der Waals surface area contributed by atoms with Crippen molar-refractivity contribution < 1.29 is 14.3 Å². The summed E-state index contributed by atoms with van der Waals surface area (Å²) in [7, 11) is 0. The van der Waals surface area contributed by atoms with Crippen molar-refractivity contribution in [2.75, 3.05) is 29.5 Å². The zero-order valence-electron chi connectivity index (χ0n) is 14.9. The third kappa shape index (κ3) is 2.83. The van der Waals surface area contributed by atoms with Crippen molar-refractivity contribution >= 4 is 23.2 Å². The number of anilines is 2. The van der Waals surface area contributed by atoms with E-state index in [-0.39, 0.29) is 24.2 Å². The molecule has 1 atom stereocenters. The van der Waals surface area contributed by atoms with Gasteiger partial charge in [0.2, 0.25) is 11.8 Å². The normalized spacial score (nSPS) is 19.0. The van der Waals surface area contributed by atoms with Crippen molar-refractivity contribution in [1.29, 1.82) is 0 Å². The van der Waals surface area contributed by atoms with Gasteiger partial charge >= 0.3 is 0 Å². The van der Waals surface area contributed by atoms with E-state index in [0.29, 0.717) is 25.4 Å². The SMILES string of the molecule is CCOc1ccccc1N1C[C@@H](C(=O)N2CCc3ccccc32)CC1=O. The molecule has 26 heavy (non-hydrogen) atoms. The predicted octanol–water partition coefficient (Wildman–Crippen LogP) is 3.03. The summed E-state index contributed by atoms with van der Waals surface area (Å²) in [6, 6.07) is 15.5. The number of fused-ring (bicyclic) bond motifs is 1. The Morgan fingerprint density at radius 1 is 1.12 bits per heavy atom. The van der Waals surface area contributed by atoms with Crippen LogP contribution < -0.4 is 14.5 Å². The van der Waals surface area contributed by atoms with Crippen LogP contribution in [0.1, 0.15) is 18.9 Å². The molecule has 134 valence electrons. The summed E-state index contributed by atoms with van der Waals surface area (Å²) < 4.78 is 5.65. The van der Waals surface area contributed by atoms with Crippen molar-refractivity contribution in [3.63, 3.8) is 0 Å². The van der Waals surface area contributed by atoms with Gasteiger partial charge in [-0.2, -0.15) is 0 Å². The van der Waals surface area contributed by atoms with Crippen LogP contribution in [0.15, 0.2) is 48.5 Å². The first-order valence-electron chi connectivity index (χ1n) is 9.10. The van der Waals surface area contributed by atoms with Crippen molar-refractivity contribution in [2.24, 2.45) is 5.92 Å². The number of carbonyl (C=O) groups is 2. The van der Waals surface area contributed by atoms with Gasteiger partial charge in [0.15, 0.2) is 0 Å². The van der Waals surface area contributed by atoms with E-state index in [0.717, 1.165) is 17.8 Å². The molecule has 0 N–H and O–H groups in total. The summed E-state index contributed by atoms with van der Waals surface area (Å²) in [5, 5.41) is 0. The third-order valence-electron chi connectivity index (χ3n) is 5.08. The summed E-state index contributed by atoms with van der Waals surface area (Å²) in [5.74, 6) is 0.383. The van der Waals surface area contributed by atoms with E-state index < -0.39 is 0 Å². The van der Waals surface area contributed by atoms with Crippen molar-refractivity contribution in [1.82, 2.24) is 0 Å². The van der Waals surface area contributed by atoms with Crippen LogP contribution in [0, 0.1) is 5.92 Å². The summed E-state index contributed by atoms with van der Waals surface area (Å²) in [6.07, 6.45) is 1.12. The molecule has 0 aromatic heterocycles. The average Bonchev–Trinajstić information content (AvgIpc) is 3.26. The van der Waals surface area contributed by atoms with Gasteiger partial charge in [0.1, 0.15) is 5.75 Å². The van der Waals surface area contributed by atoms with Crippen LogP contribution in [0.25, 0.3) is 0 Å². The molecule has 2 aromatic rings. The third-order valence-corrected chi connectivity index (χ3v) is 5.08. The fraction of sp³-hybridized carbons (Fsp3) is 0.333. The Morgan fingerprint density at radius 3 is 2.65 bits per heavy atom. The van der Waals surface area contributed by atoms with Crippen LogP contribution in [-0.4, -0.2) is 31.5 Å². The first-order valence-corrected chi connectivity index (χ1v) is 9.10. The molecular formula is C21H22N2O3. The molecule has 0 spiro atoms. The second-order valence-electron chi connectivity index (χ2n) is 6.67. The van der Waals surface area contributed by atoms with Crippen molar-refractivity contribution in [2.45, 2.75) is 19.8 Å². The number of nitrogens with zero attached hydrogens (tertiary/aromatic N) is 2. The number of ether oxygens (including phenoxy) is 1. The highest BCUT2D eigenvalue weighted by molar-refractivity contribution is 6.05. The molecule has 0 bridgehead atoms. The lowest BCUT2D eigenvalue weighted by molar-refractivity contribution is -0.124. The first kappa shape index (κ1) is 16.6. The maximum absolute atomic E-state index is 13.1. The topological polar surface area (TPSA) is 49.9 Å². The van der Waals surface area contributed by atoms with Crippen LogP contribution in [-0.2, 0) is 16.0 Å². The average molecular weight is 350 g/mol. The molecular weight excluding hydrogens is 328 g/mol. The Morgan fingerprint density at radius 2 is 1.85 bits per heavy atom. The molecule has 5 nitrogen and oxygen atoms in total. The minimum absolute atomic E-state index is 0.0250. The zero-order valence-corrected chi connectivity index (χ0v) is 14.9. The second kappa shape index (κ2) is 6.83. The Hall–Kier alpha value is -2.82. The standard InChI is InChI=1S/C21H22N2O3/c1-2-26-19-10-6-5-9-18(19)23-14-16(13-20(23)24)21(25)22-12-11-15-7-3-4-8-17(15)22/h3-10,16H,2,11-14H2,1H3/t16-/m0/s1. The Kier molecular flexibility index (Phi) is 4.37. The largest absolute Gasteiger partial charge is 0.492 e. The molecule has 2 aliphatic rings. The van der Waals surface area contributed by atoms with E-state index >= 15 is 0 Å². The number of carbonyl (C=O) groups excluding carboxylic acids is 2. The minimum atomic E-state index is -0.316. The molecule has 5 heteroatoms. The van der Waals surface area contributed by atoms with E-state index in [1.807, 2.05) is 54.3 Å². The molecule has 0 saturated carbocycles. The van der Waals surface area contributed by atoms with Gasteiger partial charge in [0.05, 0.1) is 18.2 Å². The summed E-state index contributed by atoms with van der Waals surface area (Å²) >= 11 is 0. The molecule has 2 aliphatic heterocycles. The van der Waals surface area contributed by atoms with Crippen molar-refractivity contribution in [3.8, 4) is 5.75 Å². The summed E-state index contributed by atoms with van der Waals surface area (Å²) in [6.45, 7) is 3.55. The number of para-hydroxylation sites is 3. The van der Waals surface area contributed by atoms with Crippen LogP contribution >= 0.6 is 0 Å². The van der Waals surface area contributed by atoms with E-state index in [2.05, 4.69) is 6.07 Å². The van der Waals surface area contributed by atoms with Crippen LogP contribution in [0.4, 0.5) is 11.4 Å². The number of hydrogen-bond acceptors (Lipinski definition) is 3. The monoisotopic (exact) mass is 350 g/mol. The highest BCUT2D eigenvalue weighted by Gasteiger charge is 2.39. The lowest BCUT2D eigenvalue weighted by Crippen LogP contribution is -2.36. The van der Waals surface area contributed by atoms with Gasteiger partial charge in [-0.05, 0) is 37.1 Å². The van der Waals surface area contributed by atoms with E-state index in [1.165, 1.54) is 5.56 Å².